The average molecular weight is 643 g/mol. The third kappa shape index (κ3) is 6.04. The summed E-state index contributed by atoms with van der Waals surface area (Å²) < 4.78 is 0. The first-order chi connectivity index (χ1) is 24.6. The van der Waals surface area contributed by atoms with Crippen molar-refractivity contribution < 1.29 is 0 Å². The first-order valence-corrected chi connectivity index (χ1v) is 17.1. The molecule has 2 heteroatoms. The topological polar surface area (TPSA) is 6.48 Å². The minimum absolute atomic E-state index is 1.14. The van der Waals surface area contributed by atoms with Crippen molar-refractivity contribution in [3.63, 3.8) is 0 Å². The van der Waals surface area contributed by atoms with Crippen molar-refractivity contribution in [2.24, 2.45) is 0 Å². The number of para-hydroxylation sites is 2. The maximum atomic E-state index is 2.35. The minimum atomic E-state index is 1.14. The van der Waals surface area contributed by atoms with Crippen LogP contribution in [0.2, 0.25) is 0 Å². The lowest BCUT2D eigenvalue weighted by Gasteiger charge is -2.23. The van der Waals surface area contributed by atoms with E-state index in [9.17, 15) is 0 Å². The normalized spacial score (nSPS) is 11.0. The highest BCUT2D eigenvalue weighted by Crippen LogP contribution is 2.42. The molecule has 0 bridgehead atoms. The molecule has 0 aliphatic carbocycles. The van der Waals surface area contributed by atoms with Crippen LogP contribution >= 0.6 is 0 Å². The van der Waals surface area contributed by atoms with Crippen LogP contribution < -0.4 is 9.80 Å². The molecule has 0 amide bonds. The van der Waals surface area contributed by atoms with E-state index in [0.29, 0.717) is 0 Å². The summed E-state index contributed by atoms with van der Waals surface area (Å²) in [6.45, 7) is 0. The highest BCUT2D eigenvalue weighted by atomic mass is 15.1. The second-order valence-electron chi connectivity index (χ2n) is 12.7. The number of hydrogen-bond acceptors (Lipinski definition) is 2. The Balaban J connectivity index is 1.23. The van der Waals surface area contributed by atoms with Gasteiger partial charge in [0.1, 0.15) is 0 Å². The van der Waals surface area contributed by atoms with Crippen LogP contribution in [0, 0.1) is 0 Å². The molecule has 0 heterocycles. The molecular formula is C48H38N2. The molecule has 0 aliphatic heterocycles. The number of nitrogens with zero attached hydrogens (tertiary/aromatic N) is 2. The van der Waals surface area contributed by atoms with Crippen molar-refractivity contribution in [1.82, 2.24) is 0 Å². The summed E-state index contributed by atoms with van der Waals surface area (Å²) in [5, 5.41) is 2.47. The van der Waals surface area contributed by atoms with Gasteiger partial charge in [-0.25, -0.2) is 0 Å². The molecule has 8 aromatic carbocycles. The molecule has 0 saturated carbocycles. The number of benzene rings is 8. The lowest BCUT2D eigenvalue weighted by molar-refractivity contribution is 1.21. The van der Waals surface area contributed by atoms with Crippen LogP contribution in [-0.4, -0.2) is 14.1 Å². The van der Waals surface area contributed by atoms with Crippen molar-refractivity contribution in [2.45, 2.75) is 0 Å². The molecule has 50 heavy (non-hydrogen) atoms. The van der Waals surface area contributed by atoms with Crippen LogP contribution in [-0.2, 0) is 0 Å². The molecule has 0 saturated heterocycles. The van der Waals surface area contributed by atoms with Gasteiger partial charge in [0.15, 0.2) is 0 Å². The van der Waals surface area contributed by atoms with Gasteiger partial charge in [-0.05, 0) is 104 Å². The Bertz CT molecular complexity index is 2360. The van der Waals surface area contributed by atoms with Crippen LogP contribution in [0.4, 0.5) is 22.7 Å². The summed E-state index contributed by atoms with van der Waals surface area (Å²) in [5.74, 6) is 0. The van der Waals surface area contributed by atoms with Crippen molar-refractivity contribution in [3.05, 3.63) is 194 Å². The monoisotopic (exact) mass is 642 g/mol. The van der Waals surface area contributed by atoms with Crippen LogP contribution in [0.15, 0.2) is 194 Å². The molecule has 0 atom stereocenters. The van der Waals surface area contributed by atoms with E-state index >= 15 is 0 Å². The fourth-order valence-corrected chi connectivity index (χ4v) is 6.95. The fourth-order valence-electron chi connectivity index (χ4n) is 6.95. The van der Waals surface area contributed by atoms with Gasteiger partial charge in [-0.3, -0.25) is 0 Å². The predicted molar refractivity (Wildman–Crippen MR) is 215 cm³/mol. The summed E-state index contributed by atoms with van der Waals surface area (Å²) in [5.41, 5.74) is 14.3. The zero-order valence-electron chi connectivity index (χ0n) is 28.4. The van der Waals surface area contributed by atoms with Gasteiger partial charge in [0, 0.05) is 36.8 Å². The summed E-state index contributed by atoms with van der Waals surface area (Å²) in [6.07, 6.45) is 0. The standard InChI is InChI=1S/C48H38N2/c1-49(39-16-8-4-9-17-39)41-30-28-38(29-31-41)43-20-12-22-46-45(43)21-13-23-47(46)48-34-42(50(2)40-18-10-5-11-19-40)32-33-44(48)37-26-24-36(25-27-37)35-14-6-3-7-15-35/h3-34H,1-2H3. The fraction of sp³-hybridized carbons (Fsp3) is 0.0417. The molecule has 8 aromatic rings. The van der Waals surface area contributed by atoms with E-state index in [1.807, 2.05) is 0 Å². The van der Waals surface area contributed by atoms with Gasteiger partial charge >= 0.3 is 0 Å². The quantitative estimate of drug-likeness (QED) is 0.163. The van der Waals surface area contributed by atoms with E-state index < -0.39 is 0 Å². The highest BCUT2D eigenvalue weighted by Gasteiger charge is 2.16. The predicted octanol–water partition coefficient (Wildman–Crippen LogP) is 13.0. The maximum Gasteiger partial charge on any atom is 0.0414 e. The summed E-state index contributed by atoms with van der Waals surface area (Å²) in [7, 11) is 4.26. The Labute approximate surface area is 295 Å². The Morgan fingerprint density at radius 1 is 0.260 bits per heavy atom. The number of hydrogen-bond donors (Lipinski definition) is 0. The molecule has 0 spiro atoms. The third-order valence-corrected chi connectivity index (χ3v) is 9.76. The first kappa shape index (κ1) is 30.9. The Hall–Kier alpha value is -6.38. The molecule has 0 aromatic heterocycles. The van der Waals surface area contributed by atoms with Crippen molar-refractivity contribution in [1.29, 1.82) is 0 Å². The maximum absolute atomic E-state index is 2.35. The summed E-state index contributed by atoms with van der Waals surface area (Å²) in [6, 6.07) is 69.8. The second kappa shape index (κ2) is 13.6. The lowest BCUT2D eigenvalue weighted by atomic mass is 9.88. The average Bonchev–Trinajstić information content (AvgIpc) is 3.21. The second-order valence-corrected chi connectivity index (χ2v) is 12.7. The number of anilines is 4. The van der Waals surface area contributed by atoms with E-state index in [-0.39, 0.29) is 0 Å². The van der Waals surface area contributed by atoms with Crippen LogP contribution in [0.5, 0.6) is 0 Å². The van der Waals surface area contributed by atoms with Gasteiger partial charge in [-0.2, -0.15) is 0 Å². The molecule has 0 unspecified atom stereocenters. The zero-order valence-corrected chi connectivity index (χ0v) is 28.4. The SMILES string of the molecule is CN(c1ccccc1)c1ccc(-c2cccc3c(-c4cc(N(C)c5ccccc5)ccc4-c4ccc(-c5ccccc5)cc4)cccc23)cc1. The largest absolute Gasteiger partial charge is 0.345 e. The number of rotatable bonds is 8. The van der Waals surface area contributed by atoms with E-state index in [4.69, 9.17) is 0 Å². The van der Waals surface area contributed by atoms with Gasteiger partial charge in [0.2, 0.25) is 0 Å². The molecule has 240 valence electrons. The van der Waals surface area contributed by atoms with Gasteiger partial charge < -0.3 is 9.80 Å². The van der Waals surface area contributed by atoms with E-state index in [1.54, 1.807) is 0 Å². The first-order valence-electron chi connectivity index (χ1n) is 17.1. The summed E-state index contributed by atoms with van der Waals surface area (Å²) in [4.78, 5) is 4.48. The molecule has 2 nitrogen and oxygen atoms in total. The summed E-state index contributed by atoms with van der Waals surface area (Å²) >= 11 is 0. The van der Waals surface area contributed by atoms with Gasteiger partial charge in [0.05, 0.1) is 0 Å². The minimum Gasteiger partial charge on any atom is -0.345 e. The van der Waals surface area contributed by atoms with Crippen molar-refractivity contribution in [3.8, 4) is 44.5 Å². The zero-order chi connectivity index (χ0) is 33.9. The molecule has 0 aliphatic rings. The van der Waals surface area contributed by atoms with Crippen LogP contribution in [0.25, 0.3) is 55.3 Å². The van der Waals surface area contributed by atoms with Crippen LogP contribution in [0.3, 0.4) is 0 Å². The van der Waals surface area contributed by atoms with E-state index in [0.717, 1.165) is 17.1 Å². The lowest BCUT2D eigenvalue weighted by Crippen LogP contribution is -2.09. The Morgan fingerprint density at radius 3 is 1.30 bits per heavy atom. The van der Waals surface area contributed by atoms with Crippen molar-refractivity contribution in [2.75, 3.05) is 23.9 Å². The van der Waals surface area contributed by atoms with E-state index in [2.05, 4.69) is 218 Å². The molecule has 8 rings (SSSR count). The van der Waals surface area contributed by atoms with Gasteiger partial charge in [0.25, 0.3) is 0 Å². The molecule has 0 radical (unpaired) electrons. The Morgan fingerprint density at radius 2 is 0.680 bits per heavy atom. The third-order valence-electron chi connectivity index (χ3n) is 9.76. The Kier molecular flexibility index (Phi) is 8.42. The van der Waals surface area contributed by atoms with Gasteiger partial charge in [-0.15, -0.1) is 0 Å². The molecule has 0 N–H and O–H groups in total. The van der Waals surface area contributed by atoms with Gasteiger partial charge in [-0.1, -0.05) is 146 Å². The highest BCUT2D eigenvalue weighted by molar-refractivity contribution is 6.07. The molecule has 0 fully saturated rings. The molecular weight excluding hydrogens is 605 g/mol. The van der Waals surface area contributed by atoms with Crippen LogP contribution in [0.1, 0.15) is 0 Å². The number of fused-ring (bicyclic) bond motifs is 1. The smallest absolute Gasteiger partial charge is 0.0414 e. The van der Waals surface area contributed by atoms with Crippen molar-refractivity contribution >= 4 is 33.5 Å². The van der Waals surface area contributed by atoms with E-state index in [1.165, 1.54) is 61.0 Å².